The van der Waals surface area contributed by atoms with E-state index in [9.17, 15) is 18.0 Å². The van der Waals surface area contributed by atoms with Crippen LogP contribution in [0.5, 0.6) is 0 Å². The molecule has 0 aliphatic rings. The number of nitrogens with one attached hydrogen (secondary N) is 1. The van der Waals surface area contributed by atoms with Gasteiger partial charge in [0.1, 0.15) is 0 Å². The second-order valence-electron chi connectivity index (χ2n) is 3.47. The quantitative estimate of drug-likeness (QED) is 0.737. The van der Waals surface area contributed by atoms with Crippen molar-refractivity contribution in [3.63, 3.8) is 0 Å². The van der Waals surface area contributed by atoms with Gasteiger partial charge in [0.15, 0.2) is 6.10 Å². The Morgan fingerprint density at radius 1 is 1.50 bits per heavy atom. The fourth-order valence-corrected chi connectivity index (χ4v) is 1.44. The molecule has 0 spiro atoms. The average Bonchev–Trinajstić information content (AvgIpc) is 2.24. The van der Waals surface area contributed by atoms with E-state index in [0.29, 0.717) is 0 Å². The second kappa shape index (κ2) is 5.45. The third-order valence-electron chi connectivity index (χ3n) is 2.11. The van der Waals surface area contributed by atoms with E-state index in [1.54, 1.807) is 0 Å². The topological polar surface area (TPSA) is 75.4 Å². The predicted molar refractivity (Wildman–Crippen MR) is 60.3 cm³/mol. The van der Waals surface area contributed by atoms with Crippen LogP contribution < -0.4 is 11.1 Å². The normalized spacial score (nSPS) is 13.2. The summed E-state index contributed by atoms with van der Waals surface area (Å²) < 4.78 is 36.0. The Kier molecular flexibility index (Phi) is 4.42. The molecular weight excluding hydrogens is 273 g/mol. The minimum Gasteiger partial charge on any atom is -0.398 e. The molecular formula is C10H10ClF3N2O2. The van der Waals surface area contributed by atoms with Crippen molar-refractivity contribution in [2.24, 2.45) is 0 Å². The summed E-state index contributed by atoms with van der Waals surface area (Å²) in [6.45, 7) is -0.965. The van der Waals surface area contributed by atoms with Crippen LogP contribution >= 0.6 is 11.6 Å². The number of anilines is 1. The second-order valence-corrected chi connectivity index (χ2v) is 3.88. The lowest BCUT2D eigenvalue weighted by molar-refractivity contribution is -0.201. The summed E-state index contributed by atoms with van der Waals surface area (Å²) in [6.07, 6.45) is -7.43. The standard InChI is InChI=1S/C10H10ClF3N2O2/c11-5-2-1-3-6(15)8(5)9(18)16-4-7(17)10(12,13)14/h1-3,7,17H,4,15H2,(H,16,18). The van der Waals surface area contributed by atoms with Gasteiger partial charge in [-0.05, 0) is 12.1 Å². The number of nitrogens with two attached hydrogens (primary N) is 1. The number of hydrogen-bond acceptors (Lipinski definition) is 3. The molecule has 0 aliphatic heterocycles. The SMILES string of the molecule is Nc1cccc(Cl)c1C(=O)NCC(O)C(F)(F)F. The number of carbonyl (C=O) groups excluding carboxylic acids is 1. The van der Waals surface area contributed by atoms with E-state index >= 15 is 0 Å². The number of carbonyl (C=O) groups is 1. The van der Waals surface area contributed by atoms with E-state index < -0.39 is 24.7 Å². The molecule has 0 radical (unpaired) electrons. The summed E-state index contributed by atoms with van der Waals surface area (Å²) in [6, 6.07) is 4.27. The first-order valence-corrected chi connectivity index (χ1v) is 5.18. The highest BCUT2D eigenvalue weighted by molar-refractivity contribution is 6.34. The third-order valence-corrected chi connectivity index (χ3v) is 2.42. The maximum atomic E-state index is 12.0. The van der Waals surface area contributed by atoms with Crippen LogP contribution in [0.2, 0.25) is 5.02 Å². The van der Waals surface area contributed by atoms with E-state index in [2.05, 4.69) is 0 Å². The smallest absolute Gasteiger partial charge is 0.398 e. The van der Waals surface area contributed by atoms with Crippen LogP contribution in [-0.2, 0) is 0 Å². The van der Waals surface area contributed by atoms with Gasteiger partial charge in [-0.2, -0.15) is 13.2 Å². The zero-order valence-corrected chi connectivity index (χ0v) is 9.72. The summed E-state index contributed by atoms with van der Waals surface area (Å²) in [5, 5.41) is 10.7. The molecule has 0 saturated heterocycles. The van der Waals surface area contributed by atoms with Crippen molar-refractivity contribution in [3.05, 3.63) is 28.8 Å². The molecule has 4 nitrogen and oxygen atoms in total. The number of alkyl halides is 3. The Hall–Kier alpha value is -1.47. The highest BCUT2D eigenvalue weighted by Gasteiger charge is 2.38. The molecule has 18 heavy (non-hydrogen) atoms. The zero-order valence-electron chi connectivity index (χ0n) is 8.96. The lowest BCUT2D eigenvalue weighted by Gasteiger charge is -2.15. The molecule has 0 heterocycles. The summed E-state index contributed by atoms with van der Waals surface area (Å²) in [5.74, 6) is -0.874. The van der Waals surface area contributed by atoms with Crippen molar-refractivity contribution < 1.29 is 23.1 Å². The van der Waals surface area contributed by atoms with Crippen LogP contribution in [0.4, 0.5) is 18.9 Å². The number of amides is 1. The number of nitrogen functional groups attached to an aromatic ring is 1. The van der Waals surface area contributed by atoms with Gasteiger partial charge in [-0.1, -0.05) is 17.7 Å². The molecule has 1 aromatic rings. The van der Waals surface area contributed by atoms with Crippen LogP contribution in [-0.4, -0.2) is 29.8 Å². The van der Waals surface area contributed by atoms with Crippen LogP contribution in [0.25, 0.3) is 0 Å². The van der Waals surface area contributed by atoms with E-state index in [1.165, 1.54) is 18.2 Å². The van der Waals surface area contributed by atoms with Crippen LogP contribution in [0.1, 0.15) is 10.4 Å². The van der Waals surface area contributed by atoms with Gasteiger partial charge in [-0.25, -0.2) is 0 Å². The Morgan fingerprint density at radius 3 is 2.61 bits per heavy atom. The minimum absolute atomic E-state index is 0.0222. The molecule has 0 aromatic heterocycles. The van der Waals surface area contributed by atoms with Gasteiger partial charge in [0.25, 0.3) is 5.91 Å². The molecule has 1 unspecified atom stereocenters. The monoisotopic (exact) mass is 282 g/mol. The van der Waals surface area contributed by atoms with E-state index in [4.69, 9.17) is 22.4 Å². The van der Waals surface area contributed by atoms with Gasteiger partial charge in [0, 0.05) is 5.69 Å². The van der Waals surface area contributed by atoms with Gasteiger partial charge < -0.3 is 16.2 Å². The molecule has 4 N–H and O–H groups in total. The number of hydrogen-bond donors (Lipinski definition) is 3. The summed E-state index contributed by atoms with van der Waals surface area (Å²) >= 11 is 5.70. The highest BCUT2D eigenvalue weighted by atomic mass is 35.5. The Labute approximate surface area is 106 Å². The van der Waals surface area contributed by atoms with Crippen molar-refractivity contribution in [2.75, 3.05) is 12.3 Å². The molecule has 1 amide bonds. The van der Waals surface area contributed by atoms with Crippen LogP contribution in [0, 0.1) is 0 Å². The van der Waals surface area contributed by atoms with Crippen molar-refractivity contribution >= 4 is 23.2 Å². The number of rotatable bonds is 3. The number of benzene rings is 1. The summed E-state index contributed by atoms with van der Waals surface area (Å²) in [5.41, 5.74) is 5.41. The first-order chi connectivity index (χ1) is 8.23. The van der Waals surface area contributed by atoms with Crippen molar-refractivity contribution in [2.45, 2.75) is 12.3 Å². The minimum atomic E-state index is -4.79. The zero-order chi connectivity index (χ0) is 13.9. The molecule has 0 fully saturated rings. The molecule has 8 heteroatoms. The first-order valence-electron chi connectivity index (χ1n) is 4.80. The summed E-state index contributed by atoms with van der Waals surface area (Å²) in [4.78, 5) is 11.6. The van der Waals surface area contributed by atoms with Gasteiger partial charge in [0.2, 0.25) is 0 Å². The highest BCUT2D eigenvalue weighted by Crippen LogP contribution is 2.22. The van der Waals surface area contributed by atoms with E-state index in [-0.39, 0.29) is 16.3 Å². The molecule has 0 aliphatic carbocycles. The van der Waals surface area contributed by atoms with Gasteiger partial charge in [0.05, 0.1) is 17.1 Å². The molecule has 1 atom stereocenters. The third kappa shape index (κ3) is 3.51. The lowest BCUT2D eigenvalue weighted by Crippen LogP contribution is -2.40. The van der Waals surface area contributed by atoms with Crippen LogP contribution in [0.3, 0.4) is 0 Å². The number of halogens is 4. The van der Waals surface area contributed by atoms with Gasteiger partial charge >= 0.3 is 6.18 Å². The maximum Gasteiger partial charge on any atom is 0.416 e. The largest absolute Gasteiger partial charge is 0.416 e. The predicted octanol–water partition coefficient (Wildman–Crippen LogP) is 1.58. The number of aliphatic hydroxyl groups excluding tert-OH is 1. The van der Waals surface area contributed by atoms with E-state index in [1.807, 2.05) is 5.32 Å². The fourth-order valence-electron chi connectivity index (χ4n) is 1.17. The summed E-state index contributed by atoms with van der Waals surface area (Å²) in [7, 11) is 0. The molecule has 100 valence electrons. The molecule has 0 saturated carbocycles. The van der Waals surface area contributed by atoms with Gasteiger partial charge in [-0.15, -0.1) is 0 Å². The van der Waals surface area contributed by atoms with Crippen molar-refractivity contribution in [1.82, 2.24) is 5.32 Å². The molecule has 0 bridgehead atoms. The Bertz CT molecular complexity index is 431. The average molecular weight is 283 g/mol. The molecule has 1 rings (SSSR count). The van der Waals surface area contributed by atoms with Crippen LogP contribution in [0.15, 0.2) is 18.2 Å². The maximum absolute atomic E-state index is 12.0. The lowest BCUT2D eigenvalue weighted by atomic mass is 10.1. The van der Waals surface area contributed by atoms with Crippen molar-refractivity contribution in [1.29, 1.82) is 0 Å². The number of aliphatic hydroxyl groups is 1. The fraction of sp³-hybridized carbons (Fsp3) is 0.300. The molecule has 1 aromatic carbocycles. The van der Waals surface area contributed by atoms with Crippen molar-refractivity contribution in [3.8, 4) is 0 Å². The first kappa shape index (κ1) is 14.6. The van der Waals surface area contributed by atoms with Gasteiger partial charge in [-0.3, -0.25) is 4.79 Å². The van der Waals surface area contributed by atoms with E-state index in [0.717, 1.165) is 0 Å². The Morgan fingerprint density at radius 2 is 2.11 bits per heavy atom. The Balaban J connectivity index is 2.73.